The van der Waals surface area contributed by atoms with Gasteiger partial charge in [-0.3, -0.25) is 0 Å². The highest BCUT2D eigenvalue weighted by Gasteiger charge is 2.71. The van der Waals surface area contributed by atoms with Gasteiger partial charge in [-0.2, -0.15) is 5.26 Å². The first-order valence-corrected chi connectivity index (χ1v) is 8.33. The summed E-state index contributed by atoms with van der Waals surface area (Å²) in [4.78, 5) is 0. The van der Waals surface area contributed by atoms with E-state index in [9.17, 15) is 13.7 Å². The van der Waals surface area contributed by atoms with Gasteiger partial charge in [0.15, 0.2) is 9.84 Å². The predicted molar refractivity (Wildman–Crippen MR) is 77.1 cm³/mol. The minimum Gasteiger partial charge on any atom is -0.383 e. The van der Waals surface area contributed by atoms with E-state index < -0.39 is 20.5 Å². The SMILES string of the molecule is CCS(=O)(=O)[C@H]1[C@H](c2ccc(C)cc2)[C@@]1(C#N)COC. The van der Waals surface area contributed by atoms with Crippen molar-refractivity contribution in [3.8, 4) is 6.07 Å². The molecule has 3 atom stereocenters. The van der Waals surface area contributed by atoms with Crippen LogP contribution in [-0.2, 0) is 14.6 Å². The molecule has 0 N–H and O–H groups in total. The third-order valence-corrected chi connectivity index (χ3v) is 6.34. The molecule has 1 aromatic carbocycles. The Hall–Kier alpha value is -1.38. The van der Waals surface area contributed by atoms with Crippen molar-refractivity contribution in [1.29, 1.82) is 5.26 Å². The van der Waals surface area contributed by atoms with Crippen LogP contribution in [0.2, 0.25) is 0 Å². The van der Waals surface area contributed by atoms with Crippen molar-refractivity contribution < 1.29 is 13.2 Å². The molecule has 0 aromatic heterocycles. The van der Waals surface area contributed by atoms with E-state index in [1.54, 1.807) is 6.92 Å². The summed E-state index contributed by atoms with van der Waals surface area (Å²) in [5, 5.41) is 8.85. The van der Waals surface area contributed by atoms with Gasteiger partial charge in [0.1, 0.15) is 5.41 Å². The molecule has 1 aliphatic rings. The summed E-state index contributed by atoms with van der Waals surface area (Å²) >= 11 is 0. The molecule has 0 saturated heterocycles. The maximum atomic E-state index is 12.3. The van der Waals surface area contributed by atoms with Gasteiger partial charge in [-0.25, -0.2) is 8.42 Å². The average Bonchev–Trinajstić information content (AvgIpc) is 3.10. The summed E-state index contributed by atoms with van der Waals surface area (Å²) in [6, 6.07) is 9.91. The Morgan fingerprint density at radius 3 is 2.40 bits per heavy atom. The average molecular weight is 293 g/mol. The lowest BCUT2D eigenvalue weighted by Crippen LogP contribution is -2.20. The Bertz CT molecular complexity index is 630. The van der Waals surface area contributed by atoms with Crippen LogP contribution in [0.15, 0.2) is 24.3 Å². The van der Waals surface area contributed by atoms with Crippen molar-refractivity contribution >= 4 is 9.84 Å². The molecule has 0 unspecified atom stereocenters. The quantitative estimate of drug-likeness (QED) is 0.833. The third kappa shape index (κ3) is 2.23. The number of hydrogen-bond donors (Lipinski definition) is 0. The Morgan fingerprint density at radius 2 is 1.95 bits per heavy atom. The molecule has 0 spiro atoms. The number of methoxy groups -OCH3 is 1. The van der Waals surface area contributed by atoms with E-state index in [2.05, 4.69) is 6.07 Å². The van der Waals surface area contributed by atoms with Gasteiger partial charge in [-0.15, -0.1) is 0 Å². The van der Waals surface area contributed by atoms with E-state index in [1.807, 2.05) is 31.2 Å². The van der Waals surface area contributed by atoms with Gasteiger partial charge in [0.2, 0.25) is 0 Å². The second kappa shape index (κ2) is 5.19. The fourth-order valence-electron chi connectivity index (χ4n) is 2.93. The second-order valence-electron chi connectivity index (χ2n) is 5.35. The Kier molecular flexibility index (Phi) is 3.90. The minimum absolute atomic E-state index is 0.0488. The standard InChI is InChI=1S/C15H19NO3S/c1-4-20(17,18)14-13(15(14,9-16)10-19-3)12-7-5-11(2)6-8-12/h5-8,13-14H,4,10H2,1-3H3/t13-,14-,15+/m0/s1. The molecule has 0 heterocycles. The van der Waals surface area contributed by atoms with Crippen LogP contribution >= 0.6 is 0 Å². The van der Waals surface area contributed by atoms with Gasteiger partial charge in [-0.1, -0.05) is 36.8 Å². The summed E-state index contributed by atoms with van der Waals surface area (Å²) in [6.07, 6.45) is 0. The van der Waals surface area contributed by atoms with Crippen molar-refractivity contribution in [2.45, 2.75) is 25.0 Å². The van der Waals surface area contributed by atoms with Crippen LogP contribution in [0, 0.1) is 23.7 Å². The molecular formula is C15H19NO3S. The van der Waals surface area contributed by atoms with Crippen LogP contribution in [0.3, 0.4) is 0 Å². The van der Waals surface area contributed by atoms with E-state index >= 15 is 0 Å². The van der Waals surface area contributed by atoms with Gasteiger partial charge in [0.25, 0.3) is 0 Å². The number of benzene rings is 1. The largest absolute Gasteiger partial charge is 0.383 e. The molecule has 5 heteroatoms. The first kappa shape index (κ1) is 15.0. The normalized spacial score (nSPS) is 28.9. The molecule has 1 fully saturated rings. The first-order chi connectivity index (χ1) is 9.43. The fraction of sp³-hybridized carbons (Fsp3) is 0.533. The number of rotatable bonds is 5. The predicted octanol–water partition coefficient (Wildman–Crippen LogP) is 2.05. The maximum absolute atomic E-state index is 12.3. The topological polar surface area (TPSA) is 67.2 Å². The van der Waals surface area contributed by atoms with Gasteiger partial charge >= 0.3 is 0 Å². The minimum atomic E-state index is -3.28. The summed E-state index contributed by atoms with van der Waals surface area (Å²) < 4.78 is 29.6. The fourth-order valence-corrected chi connectivity index (χ4v) is 4.94. The zero-order chi connectivity index (χ0) is 15.0. The van der Waals surface area contributed by atoms with Crippen molar-refractivity contribution in [2.75, 3.05) is 19.5 Å². The van der Waals surface area contributed by atoms with E-state index in [0.717, 1.165) is 11.1 Å². The highest BCUT2D eigenvalue weighted by molar-refractivity contribution is 7.92. The molecule has 20 heavy (non-hydrogen) atoms. The first-order valence-electron chi connectivity index (χ1n) is 6.61. The lowest BCUT2D eigenvalue weighted by molar-refractivity contribution is 0.162. The summed E-state index contributed by atoms with van der Waals surface area (Å²) in [5.41, 5.74) is 1.06. The van der Waals surface area contributed by atoms with Crippen LogP contribution in [-0.4, -0.2) is 33.1 Å². The molecule has 4 nitrogen and oxygen atoms in total. The van der Waals surface area contributed by atoms with Crippen LogP contribution < -0.4 is 0 Å². The third-order valence-electron chi connectivity index (χ3n) is 4.07. The number of sulfone groups is 1. The zero-order valence-electron chi connectivity index (χ0n) is 12.0. The van der Waals surface area contributed by atoms with E-state index in [-0.39, 0.29) is 18.3 Å². The molecule has 0 amide bonds. The summed E-state index contributed by atoms with van der Waals surface area (Å²) in [5.74, 6) is -0.245. The molecule has 1 aromatic rings. The van der Waals surface area contributed by atoms with Gasteiger partial charge in [-0.05, 0) is 12.5 Å². The monoisotopic (exact) mass is 293 g/mol. The van der Waals surface area contributed by atoms with E-state index in [0.29, 0.717) is 0 Å². The molecular weight excluding hydrogens is 274 g/mol. The molecule has 0 aliphatic heterocycles. The Morgan fingerprint density at radius 1 is 1.35 bits per heavy atom. The number of nitriles is 1. The number of ether oxygens (including phenoxy) is 1. The highest BCUT2D eigenvalue weighted by atomic mass is 32.2. The smallest absolute Gasteiger partial charge is 0.155 e. The molecule has 0 radical (unpaired) electrons. The number of nitrogens with zero attached hydrogens (tertiary/aromatic N) is 1. The Balaban J connectivity index is 2.45. The maximum Gasteiger partial charge on any atom is 0.155 e. The summed E-state index contributed by atoms with van der Waals surface area (Å²) in [7, 11) is -1.78. The van der Waals surface area contributed by atoms with E-state index in [1.165, 1.54) is 7.11 Å². The highest BCUT2D eigenvalue weighted by Crippen LogP contribution is 2.62. The van der Waals surface area contributed by atoms with Crippen molar-refractivity contribution in [2.24, 2.45) is 5.41 Å². The van der Waals surface area contributed by atoms with Gasteiger partial charge < -0.3 is 4.74 Å². The molecule has 0 bridgehead atoms. The molecule has 1 saturated carbocycles. The number of aryl methyl sites for hydroxylation is 1. The molecule has 1 aliphatic carbocycles. The van der Waals surface area contributed by atoms with Crippen LogP contribution in [0.4, 0.5) is 0 Å². The van der Waals surface area contributed by atoms with Gasteiger partial charge in [0, 0.05) is 18.8 Å². The molecule has 2 rings (SSSR count). The molecule has 108 valence electrons. The van der Waals surface area contributed by atoms with E-state index in [4.69, 9.17) is 4.74 Å². The van der Waals surface area contributed by atoms with Crippen LogP contribution in [0.1, 0.15) is 24.0 Å². The van der Waals surface area contributed by atoms with Crippen molar-refractivity contribution in [1.82, 2.24) is 0 Å². The second-order valence-corrected chi connectivity index (χ2v) is 7.76. The van der Waals surface area contributed by atoms with Gasteiger partial charge in [0.05, 0.1) is 17.9 Å². The van der Waals surface area contributed by atoms with Crippen molar-refractivity contribution in [3.63, 3.8) is 0 Å². The van der Waals surface area contributed by atoms with Crippen molar-refractivity contribution in [3.05, 3.63) is 35.4 Å². The number of hydrogen-bond acceptors (Lipinski definition) is 4. The Labute approximate surface area is 120 Å². The lowest BCUT2D eigenvalue weighted by Gasteiger charge is -2.07. The summed E-state index contributed by atoms with van der Waals surface area (Å²) in [6.45, 7) is 3.74. The lowest BCUT2D eigenvalue weighted by atomic mass is 10.0. The van der Waals surface area contributed by atoms with Crippen LogP contribution in [0.5, 0.6) is 0 Å². The zero-order valence-corrected chi connectivity index (χ0v) is 12.8. The van der Waals surface area contributed by atoms with Crippen LogP contribution in [0.25, 0.3) is 0 Å².